The molecule has 0 saturated carbocycles. The molecule has 0 amide bonds. The molecular weight excluding hydrogens is 384 g/mol. The Balaban J connectivity index is 0. The first-order valence-electron chi connectivity index (χ1n) is 8.81. The Bertz CT molecular complexity index is 532. The van der Waals surface area contributed by atoms with Crippen LogP contribution in [0.25, 0.3) is 0 Å². The molecule has 1 aromatic carbocycles. The van der Waals surface area contributed by atoms with Crippen LogP contribution in [0, 0.1) is 0 Å². The van der Waals surface area contributed by atoms with Crippen molar-refractivity contribution in [3.05, 3.63) is 35.9 Å². The number of thiocarbonyl (C=S) groups is 2. The molecule has 3 N–H and O–H groups in total. The summed E-state index contributed by atoms with van der Waals surface area (Å²) in [5.74, 6) is -0.163. The summed E-state index contributed by atoms with van der Waals surface area (Å²) < 4.78 is 10.2. The fraction of sp³-hybridized carbons (Fsp3) is 0.526. The fourth-order valence-electron chi connectivity index (χ4n) is 1.73. The molecule has 27 heavy (non-hydrogen) atoms. The van der Waals surface area contributed by atoms with Crippen molar-refractivity contribution in [1.29, 1.82) is 0 Å². The highest BCUT2D eigenvalue weighted by molar-refractivity contribution is 7.80. The van der Waals surface area contributed by atoms with Crippen molar-refractivity contribution in [3.8, 4) is 0 Å². The zero-order valence-corrected chi connectivity index (χ0v) is 18.4. The number of nitrogens with zero attached hydrogens (tertiary/aromatic N) is 1. The van der Waals surface area contributed by atoms with Gasteiger partial charge in [0.2, 0.25) is 0 Å². The molecule has 0 fully saturated rings. The van der Waals surface area contributed by atoms with Gasteiger partial charge in [0.15, 0.2) is 0 Å². The van der Waals surface area contributed by atoms with Gasteiger partial charge >= 0.3 is 5.97 Å². The Kier molecular flexibility index (Phi) is 17.7. The third-order valence-electron chi connectivity index (χ3n) is 2.85. The first kappa shape index (κ1) is 27.3. The third kappa shape index (κ3) is 18.7. The molecule has 8 heteroatoms. The SMILES string of the molecule is CCN(CC)C(=S)OC(C)C.CCOC(=O)Cc1ccccc1.NC(O)=S. The number of carbonyl (C=O) groups is 1. The Morgan fingerprint density at radius 3 is 2.00 bits per heavy atom. The lowest BCUT2D eigenvalue weighted by Crippen LogP contribution is -2.32. The molecular formula is C19H32N2O4S2. The number of esters is 1. The van der Waals surface area contributed by atoms with Crippen molar-refractivity contribution in [2.45, 2.75) is 47.1 Å². The third-order valence-corrected chi connectivity index (χ3v) is 3.21. The van der Waals surface area contributed by atoms with Crippen LogP contribution in [-0.2, 0) is 20.7 Å². The Morgan fingerprint density at radius 1 is 1.15 bits per heavy atom. The predicted octanol–water partition coefficient (Wildman–Crippen LogP) is 3.62. The number of ether oxygens (including phenoxy) is 2. The van der Waals surface area contributed by atoms with Gasteiger partial charge in [-0.2, -0.15) is 0 Å². The number of benzene rings is 1. The second-order valence-corrected chi connectivity index (χ2v) is 6.18. The maximum atomic E-state index is 11.0. The van der Waals surface area contributed by atoms with E-state index in [0.717, 1.165) is 18.7 Å². The Hall–Kier alpha value is -1.93. The van der Waals surface area contributed by atoms with E-state index in [9.17, 15) is 4.79 Å². The molecule has 0 saturated heterocycles. The van der Waals surface area contributed by atoms with Crippen LogP contribution in [-0.4, -0.2) is 52.1 Å². The van der Waals surface area contributed by atoms with Gasteiger partial charge in [0.05, 0.1) is 19.1 Å². The number of rotatable bonds is 6. The van der Waals surface area contributed by atoms with Crippen molar-refractivity contribution in [2.75, 3.05) is 19.7 Å². The normalized spacial score (nSPS) is 9.11. The van der Waals surface area contributed by atoms with Gasteiger partial charge in [-0.15, -0.1) is 0 Å². The van der Waals surface area contributed by atoms with Crippen LogP contribution in [0.3, 0.4) is 0 Å². The summed E-state index contributed by atoms with van der Waals surface area (Å²) in [7, 11) is 0. The van der Waals surface area contributed by atoms with Crippen molar-refractivity contribution in [3.63, 3.8) is 0 Å². The quantitative estimate of drug-likeness (QED) is 0.537. The lowest BCUT2D eigenvalue weighted by Gasteiger charge is -2.22. The number of nitrogens with two attached hydrogens (primary N) is 1. The van der Waals surface area contributed by atoms with E-state index in [2.05, 4.69) is 31.8 Å². The summed E-state index contributed by atoms with van der Waals surface area (Å²) in [6, 6.07) is 9.58. The van der Waals surface area contributed by atoms with Crippen LogP contribution in [0.15, 0.2) is 30.3 Å². The number of hydrogen-bond donors (Lipinski definition) is 2. The first-order valence-corrected chi connectivity index (χ1v) is 9.62. The zero-order valence-electron chi connectivity index (χ0n) is 16.8. The molecule has 0 aliphatic carbocycles. The number of aliphatic hydroxyl groups excluding tert-OH is 1. The molecule has 0 heterocycles. The smallest absolute Gasteiger partial charge is 0.310 e. The van der Waals surface area contributed by atoms with Crippen molar-refractivity contribution in [1.82, 2.24) is 4.90 Å². The average Bonchev–Trinajstić information content (AvgIpc) is 2.56. The topological polar surface area (TPSA) is 85.0 Å². The molecule has 0 unspecified atom stereocenters. The molecule has 0 aliphatic rings. The maximum Gasteiger partial charge on any atom is 0.310 e. The van der Waals surface area contributed by atoms with E-state index in [1.165, 1.54) is 0 Å². The fourth-order valence-corrected chi connectivity index (χ4v) is 2.18. The molecule has 0 spiro atoms. The minimum absolute atomic E-state index is 0.163. The minimum atomic E-state index is -0.500. The summed E-state index contributed by atoms with van der Waals surface area (Å²) in [5, 5.41) is 7.68. The monoisotopic (exact) mass is 416 g/mol. The molecule has 0 bridgehead atoms. The predicted molar refractivity (Wildman–Crippen MR) is 118 cm³/mol. The number of hydrogen-bond acceptors (Lipinski definition) is 5. The van der Waals surface area contributed by atoms with Crippen LogP contribution in [0.2, 0.25) is 0 Å². The molecule has 6 nitrogen and oxygen atoms in total. The van der Waals surface area contributed by atoms with Crippen LogP contribution < -0.4 is 5.73 Å². The second-order valence-electron chi connectivity index (χ2n) is 5.41. The van der Waals surface area contributed by atoms with Crippen LogP contribution in [0.5, 0.6) is 0 Å². The van der Waals surface area contributed by atoms with Gasteiger partial charge in [0, 0.05) is 13.1 Å². The van der Waals surface area contributed by atoms with Crippen LogP contribution in [0.1, 0.15) is 40.2 Å². The summed E-state index contributed by atoms with van der Waals surface area (Å²) in [6.45, 7) is 12.2. The highest BCUT2D eigenvalue weighted by atomic mass is 32.1. The maximum absolute atomic E-state index is 11.0. The van der Waals surface area contributed by atoms with E-state index < -0.39 is 5.17 Å². The number of aliphatic hydroxyl groups is 1. The zero-order chi connectivity index (χ0) is 21.2. The lowest BCUT2D eigenvalue weighted by atomic mass is 10.2. The van der Waals surface area contributed by atoms with Crippen molar-refractivity contribution in [2.24, 2.45) is 5.73 Å². The van der Waals surface area contributed by atoms with E-state index in [-0.39, 0.29) is 12.1 Å². The highest BCUT2D eigenvalue weighted by Gasteiger charge is 2.06. The first-order chi connectivity index (χ1) is 12.7. The number of carbonyl (C=O) groups excluding carboxylic acids is 1. The molecule has 0 radical (unpaired) electrons. The Labute approximate surface area is 173 Å². The van der Waals surface area contributed by atoms with Gasteiger partial charge in [-0.05, 0) is 64.6 Å². The van der Waals surface area contributed by atoms with Crippen molar-refractivity contribution >= 4 is 40.8 Å². The largest absolute Gasteiger partial charge is 0.487 e. The molecule has 0 aromatic heterocycles. The van der Waals surface area contributed by atoms with Crippen LogP contribution >= 0.6 is 24.4 Å². The van der Waals surface area contributed by atoms with Gasteiger partial charge in [-0.1, -0.05) is 30.3 Å². The van der Waals surface area contributed by atoms with E-state index in [4.69, 9.17) is 26.8 Å². The summed E-state index contributed by atoms with van der Waals surface area (Å²) in [4.78, 5) is 13.0. The van der Waals surface area contributed by atoms with E-state index in [0.29, 0.717) is 18.2 Å². The van der Waals surface area contributed by atoms with Gasteiger partial charge in [0.1, 0.15) is 0 Å². The Morgan fingerprint density at radius 2 is 1.63 bits per heavy atom. The van der Waals surface area contributed by atoms with Gasteiger partial charge in [-0.3, -0.25) is 4.79 Å². The second kappa shape index (κ2) is 17.5. The van der Waals surface area contributed by atoms with E-state index in [1.807, 2.05) is 56.0 Å². The standard InChI is InChI=1S/C10H12O2.C8H17NOS.CH3NOS/c1-2-12-10(11)8-9-6-4-3-5-7-9;1-5-9(6-2)8(11)10-7(3)4;2-1(3)4/h3-7H,2,8H2,1H3;7H,5-6H2,1-4H3;(H3,2,3,4). The molecule has 154 valence electrons. The van der Waals surface area contributed by atoms with Crippen molar-refractivity contribution < 1.29 is 19.4 Å². The van der Waals surface area contributed by atoms with Crippen LogP contribution in [0.4, 0.5) is 0 Å². The van der Waals surface area contributed by atoms with E-state index >= 15 is 0 Å². The van der Waals surface area contributed by atoms with E-state index in [1.54, 1.807) is 0 Å². The summed E-state index contributed by atoms with van der Waals surface area (Å²) in [6.07, 6.45) is 0.553. The lowest BCUT2D eigenvalue weighted by molar-refractivity contribution is -0.142. The molecule has 1 aromatic rings. The average molecular weight is 417 g/mol. The summed E-state index contributed by atoms with van der Waals surface area (Å²) >= 11 is 8.92. The molecule has 1 rings (SSSR count). The highest BCUT2D eigenvalue weighted by Crippen LogP contribution is 2.00. The minimum Gasteiger partial charge on any atom is -0.487 e. The van der Waals surface area contributed by atoms with Gasteiger partial charge < -0.3 is 25.2 Å². The van der Waals surface area contributed by atoms with Gasteiger partial charge in [0.25, 0.3) is 10.3 Å². The summed E-state index contributed by atoms with van der Waals surface area (Å²) in [5.41, 5.74) is 5.39. The molecule has 0 atom stereocenters. The molecule has 0 aliphatic heterocycles. The van der Waals surface area contributed by atoms with Gasteiger partial charge in [-0.25, -0.2) is 0 Å².